The minimum atomic E-state index is -3.38. The van der Waals surface area contributed by atoms with Gasteiger partial charge >= 0.3 is 0 Å². The third-order valence-electron chi connectivity index (χ3n) is 6.20. The fourth-order valence-electron chi connectivity index (χ4n) is 4.58. The van der Waals surface area contributed by atoms with Gasteiger partial charge in [0.1, 0.15) is 5.25 Å². The fourth-order valence-corrected chi connectivity index (χ4v) is 6.99. The highest BCUT2D eigenvalue weighted by Crippen LogP contribution is 2.30. The molecule has 0 radical (unpaired) electrons. The third kappa shape index (κ3) is 4.55. The molecule has 2 aliphatic heterocycles. The quantitative estimate of drug-likeness (QED) is 0.735. The number of aromatic nitrogens is 1. The van der Waals surface area contributed by atoms with Crippen LogP contribution in [0.2, 0.25) is 5.02 Å². The Kier molecular flexibility index (Phi) is 6.46. The van der Waals surface area contributed by atoms with Crippen LogP contribution in [-0.4, -0.2) is 48.1 Å². The highest BCUT2D eigenvalue weighted by molar-refractivity contribution is 7.89. The number of sulfonamides is 1. The van der Waals surface area contributed by atoms with E-state index in [0.29, 0.717) is 13.1 Å². The first-order valence-electron chi connectivity index (χ1n) is 10.5. The Bertz CT molecular complexity index is 956. The van der Waals surface area contributed by atoms with Crippen molar-refractivity contribution >= 4 is 21.6 Å². The average molecular weight is 449 g/mol. The van der Waals surface area contributed by atoms with Crippen LogP contribution in [0.15, 0.2) is 42.6 Å². The molecule has 6 nitrogen and oxygen atoms in total. The Morgan fingerprint density at radius 3 is 2.37 bits per heavy atom. The number of nitrogens with one attached hydrogen (secondary N) is 2. The maximum atomic E-state index is 13.3. The molecule has 2 saturated heterocycles. The minimum Gasteiger partial charge on any atom is -0.261 e. The Hall–Kier alpha value is -1.51. The number of pyridine rings is 1. The van der Waals surface area contributed by atoms with E-state index in [4.69, 9.17) is 11.6 Å². The number of rotatable bonds is 5. The van der Waals surface area contributed by atoms with Crippen molar-refractivity contribution in [2.75, 3.05) is 13.1 Å². The van der Waals surface area contributed by atoms with Gasteiger partial charge in [0.15, 0.2) is 0 Å². The predicted octanol–water partition coefficient (Wildman–Crippen LogP) is 3.09. The Morgan fingerprint density at radius 2 is 1.73 bits per heavy atom. The number of halogens is 1. The lowest BCUT2D eigenvalue weighted by molar-refractivity contribution is 0.307. The van der Waals surface area contributed by atoms with Crippen LogP contribution >= 0.6 is 11.6 Å². The van der Waals surface area contributed by atoms with Crippen LogP contribution in [-0.2, 0) is 16.4 Å². The molecular weight excluding hydrogens is 420 g/mol. The highest BCUT2D eigenvalue weighted by atomic mass is 35.5. The van der Waals surface area contributed by atoms with Crippen LogP contribution in [0.1, 0.15) is 49.4 Å². The molecule has 3 unspecified atom stereocenters. The number of hydrogen-bond acceptors (Lipinski definition) is 5. The Morgan fingerprint density at radius 1 is 1.07 bits per heavy atom. The molecule has 2 aromatic rings. The maximum Gasteiger partial charge on any atom is 0.220 e. The molecule has 2 aliphatic rings. The van der Waals surface area contributed by atoms with E-state index < -0.39 is 15.3 Å². The summed E-state index contributed by atoms with van der Waals surface area (Å²) in [5.74, 6) is 0.131. The van der Waals surface area contributed by atoms with Crippen LogP contribution in [0.5, 0.6) is 0 Å². The van der Waals surface area contributed by atoms with E-state index in [1.165, 1.54) is 5.56 Å². The molecule has 4 rings (SSSR count). The first kappa shape index (κ1) is 21.7. The summed E-state index contributed by atoms with van der Waals surface area (Å²) >= 11 is 5.96. The molecule has 0 saturated carbocycles. The molecule has 1 aromatic carbocycles. The van der Waals surface area contributed by atoms with Gasteiger partial charge in [0.05, 0.1) is 0 Å². The van der Waals surface area contributed by atoms with E-state index in [-0.39, 0.29) is 18.0 Å². The van der Waals surface area contributed by atoms with Crippen LogP contribution in [0, 0.1) is 0 Å². The first-order valence-corrected chi connectivity index (χ1v) is 12.4. The molecule has 3 atom stereocenters. The summed E-state index contributed by atoms with van der Waals surface area (Å²) in [4.78, 5) is 4.69. The summed E-state index contributed by atoms with van der Waals surface area (Å²) in [6.45, 7) is 4.92. The van der Waals surface area contributed by atoms with Crippen molar-refractivity contribution in [1.29, 1.82) is 0 Å². The smallest absolute Gasteiger partial charge is 0.220 e. The number of nitrogens with zero attached hydrogens (tertiary/aromatic N) is 2. The Labute approximate surface area is 184 Å². The molecule has 0 bridgehead atoms. The molecule has 2 fully saturated rings. The van der Waals surface area contributed by atoms with Gasteiger partial charge < -0.3 is 0 Å². The van der Waals surface area contributed by atoms with E-state index in [2.05, 4.69) is 28.0 Å². The van der Waals surface area contributed by atoms with Gasteiger partial charge in [-0.25, -0.2) is 12.7 Å². The topological polar surface area (TPSA) is 74.3 Å². The van der Waals surface area contributed by atoms with Crippen molar-refractivity contribution < 1.29 is 8.42 Å². The monoisotopic (exact) mass is 448 g/mol. The minimum absolute atomic E-state index is 0.115. The normalized spacial score (nSPS) is 28.0. The van der Waals surface area contributed by atoms with Gasteiger partial charge in [-0.1, -0.05) is 29.8 Å². The van der Waals surface area contributed by atoms with E-state index in [9.17, 15) is 8.42 Å². The molecule has 30 heavy (non-hydrogen) atoms. The molecule has 2 N–H and O–H groups in total. The summed E-state index contributed by atoms with van der Waals surface area (Å²) in [7, 11) is -3.38. The molecule has 8 heteroatoms. The summed E-state index contributed by atoms with van der Waals surface area (Å²) in [5, 5.41) is 0.281. The number of piperidine rings is 1. The van der Waals surface area contributed by atoms with Gasteiger partial charge in [0.25, 0.3) is 0 Å². The van der Waals surface area contributed by atoms with Gasteiger partial charge in [-0.2, -0.15) is 0 Å². The van der Waals surface area contributed by atoms with E-state index in [0.717, 1.165) is 35.5 Å². The standard InChI is InChI=1S/C22H29ClN4O2S/c1-15-22(16(2)26-25-15)30(28,29)27-11-3-4-19(14-27)21-10-7-18(13-24-21)12-17-5-8-20(23)9-6-17/h5-10,13,15-16,19,22,25-26H,3-4,11-12,14H2,1-2H3. The lowest BCUT2D eigenvalue weighted by Crippen LogP contribution is -2.49. The average Bonchev–Trinajstić information content (AvgIpc) is 3.09. The molecule has 3 heterocycles. The fraction of sp³-hybridized carbons (Fsp3) is 0.500. The van der Waals surface area contributed by atoms with Crippen LogP contribution in [0.4, 0.5) is 0 Å². The van der Waals surface area contributed by atoms with Crippen molar-refractivity contribution in [3.8, 4) is 0 Å². The van der Waals surface area contributed by atoms with E-state index >= 15 is 0 Å². The van der Waals surface area contributed by atoms with Crippen LogP contribution in [0.25, 0.3) is 0 Å². The van der Waals surface area contributed by atoms with Gasteiger partial charge in [0.2, 0.25) is 10.0 Å². The predicted molar refractivity (Wildman–Crippen MR) is 120 cm³/mol. The van der Waals surface area contributed by atoms with Crippen molar-refractivity contribution in [3.63, 3.8) is 0 Å². The largest absolute Gasteiger partial charge is 0.261 e. The molecule has 0 spiro atoms. The first-order chi connectivity index (χ1) is 14.3. The lowest BCUT2D eigenvalue weighted by atomic mass is 9.95. The summed E-state index contributed by atoms with van der Waals surface area (Å²) in [6, 6.07) is 11.8. The van der Waals surface area contributed by atoms with Crippen molar-refractivity contribution in [2.45, 2.75) is 56.4 Å². The maximum absolute atomic E-state index is 13.3. The van der Waals surface area contributed by atoms with Crippen molar-refractivity contribution in [2.24, 2.45) is 0 Å². The Balaban J connectivity index is 1.45. The van der Waals surface area contributed by atoms with Crippen molar-refractivity contribution in [1.82, 2.24) is 20.1 Å². The second-order valence-electron chi connectivity index (χ2n) is 8.47. The van der Waals surface area contributed by atoms with E-state index in [1.807, 2.05) is 44.3 Å². The lowest BCUT2D eigenvalue weighted by Gasteiger charge is -2.34. The molecule has 0 amide bonds. The van der Waals surface area contributed by atoms with Crippen LogP contribution in [0.3, 0.4) is 0 Å². The van der Waals surface area contributed by atoms with Crippen molar-refractivity contribution in [3.05, 3.63) is 64.4 Å². The van der Waals surface area contributed by atoms with E-state index in [1.54, 1.807) is 4.31 Å². The molecule has 0 aliphatic carbocycles. The second kappa shape index (κ2) is 8.93. The molecule has 1 aromatic heterocycles. The highest BCUT2D eigenvalue weighted by Gasteiger charge is 2.44. The number of hydrogen-bond donors (Lipinski definition) is 2. The van der Waals surface area contributed by atoms with Gasteiger partial charge in [0, 0.05) is 48.0 Å². The van der Waals surface area contributed by atoms with Gasteiger partial charge in [-0.3, -0.25) is 15.8 Å². The number of hydrazine groups is 1. The SMILES string of the molecule is CC1NNC(C)C1S(=O)(=O)N1CCCC(c2ccc(Cc3ccc(Cl)cc3)cn2)C1. The van der Waals surface area contributed by atoms with Gasteiger partial charge in [-0.15, -0.1) is 0 Å². The summed E-state index contributed by atoms with van der Waals surface area (Å²) in [6.07, 6.45) is 4.52. The zero-order valence-electron chi connectivity index (χ0n) is 17.4. The zero-order chi connectivity index (χ0) is 21.3. The third-order valence-corrected chi connectivity index (χ3v) is 9.01. The zero-order valence-corrected chi connectivity index (χ0v) is 19.0. The molecular formula is C22H29ClN4O2S. The second-order valence-corrected chi connectivity index (χ2v) is 11.0. The summed E-state index contributed by atoms with van der Waals surface area (Å²) in [5.41, 5.74) is 9.41. The van der Waals surface area contributed by atoms with Gasteiger partial charge in [-0.05, 0) is 62.4 Å². The molecule has 162 valence electrons. The number of benzene rings is 1. The van der Waals surface area contributed by atoms with Crippen LogP contribution < -0.4 is 10.9 Å². The summed E-state index contributed by atoms with van der Waals surface area (Å²) < 4.78 is 28.2.